The predicted octanol–water partition coefficient (Wildman–Crippen LogP) is 4.54. The minimum atomic E-state index is -0.776. The zero-order chi connectivity index (χ0) is 20.1. The van der Waals surface area contributed by atoms with Crippen LogP contribution in [-0.4, -0.2) is 36.6 Å². The summed E-state index contributed by atoms with van der Waals surface area (Å²) in [6.07, 6.45) is 4.30. The smallest absolute Gasteiger partial charge is 0.256 e. The number of hydrogen-bond acceptors (Lipinski definition) is 4. The van der Waals surface area contributed by atoms with Crippen LogP contribution in [0.1, 0.15) is 41.5 Å². The second kappa shape index (κ2) is 7.07. The van der Waals surface area contributed by atoms with Crippen molar-refractivity contribution in [2.45, 2.75) is 37.9 Å². The minimum absolute atomic E-state index is 0.0537. The van der Waals surface area contributed by atoms with Crippen molar-refractivity contribution >= 4 is 29.1 Å². The lowest BCUT2D eigenvalue weighted by molar-refractivity contribution is 0.0289. The first kappa shape index (κ1) is 18.5. The summed E-state index contributed by atoms with van der Waals surface area (Å²) in [5.41, 5.74) is 0.857. The van der Waals surface area contributed by atoms with Crippen molar-refractivity contribution in [3.05, 3.63) is 63.8 Å². The summed E-state index contributed by atoms with van der Waals surface area (Å²) in [5, 5.41) is 8.38. The highest BCUT2D eigenvalue weighted by atomic mass is 35.5. The highest BCUT2D eigenvalue weighted by molar-refractivity contribution is 6.37. The van der Waals surface area contributed by atoms with E-state index in [4.69, 9.17) is 23.2 Å². The van der Waals surface area contributed by atoms with Crippen molar-refractivity contribution in [1.82, 2.24) is 24.6 Å². The molecule has 1 aromatic carbocycles. The summed E-state index contributed by atoms with van der Waals surface area (Å²) in [6.45, 7) is 0.560. The van der Waals surface area contributed by atoms with Crippen molar-refractivity contribution in [1.29, 1.82) is 0 Å². The van der Waals surface area contributed by atoms with Crippen LogP contribution in [0, 0.1) is 5.82 Å². The van der Waals surface area contributed by atoms with Gasteiger partial charge in [0.05, 0.1) is 27.7 Å². The quantitative estimate of drug-likeness (QED) is 0.558. The standard InChI is InChI=1S/C20H16Cl2FN5O/c21-13-8-7-12(16(22)17(13)23)20(29)28-11-4-3-6-15(28)19-26-25-18(27(19)10-11)14-5-1-2-9-24-14/h1-2,5,7-9,11,15H,3-4,6,10H2/t11-,15+/m1/s1. The van der Waals surface area contributed by atoms with Crippen LogP contribution >= 0.6 is 23.2 Å². The van der Waals surface area contributed by atoms with E-state index in [-0.39, 0.29) is 33.6 Å². The number of fused-ring (bicyclic) bond motifs is 4. The SMILES string of the molecule is O=C(c1ccc(Cl)c(F)c1Cl)N1[C@@H]2CCC[C@H]1c1nnc(-c3ccccn3)n1C2. The van der Waals surface area contributed by atoms with Gasteiger partial charge in [0.25, 0.3) is 5.91 Å². The van der Waals surface area contributed by atoms with Crippen LogP contribution in [0.5, 0.6) is 0 Å². The van der Waals surface area contributed by atoms with Gasteiger partial charge in [0.2, 0.25) is 0 Å². The van der Waals surface area contributed by atoms with Crippen LogP contribution in [0.15, 0.2) is 36.5 Å². The van der Waals surface area contributed by atoms with Gasteiger partial charge in [-0.05, 0) is 43.5 Å². The number of hydrogen-bond donors (Lipinski definition) is 0. The number of piperidine rings is 1. The molecule has 0 saturated carbocycles. The molecular weight excluding hydrogens is 416 g/mol. The third-order valence-corrected chi connectivity index (χ3v) is 6.27. The Bertz CT molecular complexity index is 1100. The van der Waals surface area contributed by atoms with E-state index in [1.54, 1.807) is 11.1 Å². The highest BCUT2D eigenvalue weighted by Crippen LogP contribution is 2.41. The summed E-state index contributed by atoms with van der Waals surface area (Å²) in [4.78, 5) is 19.5. The van der Waals surface area contributed by atoms with Crippen LogP contribution in [0.4, 0.5) is 4.39 Å². The number of nitrogens with zero attached hydrogens (tertiary/aromatic N) is 5. The third-order valence-electron chi connectivity index (χ3n) is 5.61. The second-order valence-electron chi connectivity index (χ2n) is 7.24. The molecule has 3 aromatic rings. The lowest BCUT2D eigenvalue weighted by Crippen LogP contribution is -2.52. The number of benzene rings is 1. The van der Waals surface area contributed by atoms with Crippen LogP contribution in [0.3, 0.4) is 0 Å². The van der Waals surface area contributed by atoms with E-state index in [0.717, 1.165) is 30.8 Å². The van der Waals surface area contributed by atoms with Gasteiger partial charge in [0.1, 0.15) is 5.69 Å². The molecule has 2 atom stereocenters. The van der Waals surface area contributed by atoms with Gasteiger partial charge in [-0.15, -0.1) is 10.2 Å². The van der Waals surface area contributed by atoms with Crippen LogP contribution in [0.25, 0.3) is 11.5 Å². The molecule has 1 amide bonds. The Morgan fingerprint density at radius 2 is 2.00 bits per heavy atom. The highest BCUT2D eigenvalue weighted by Gasteiger charge is 2.43. The Hall–Kier alpha value is -2.51. The molecular formula is C20H16Cl2FN5O. The van der Waals surface area contributed by atoms with Gasteiger partial charge < -0.3 is 9.47 Å². The number of aromatic nitrogens is 4. The zero-order valence-electron chi connectivity index (χ0n) is 15.2. The molecule has 4 heterocycles. The van der Waals surface area contributed by atoms with E-state index in [1.165, 1.54) is 12.1 Å². The maximum Gasteiger partial charge on any atom is 0.256 e. The van der Waals surface area contributed by atoms with Gasteiger partial charge in [-0.1, -0.05) is 29.3 Å². The van der Waals surface area contributed by atoms with E-state index >= 15 is 0 Å². The maximum absolute atomic E-state index is 14.2. The monoisotopic (exact) mass is 431 g/mol. The number of carbonyl (C=O) groups is 1. The normalized spacial score (nSPS) is 20.4. The third kappa shape index (κ3) is 2.91. The van der Waals surface area contributed by atoms with E-state index in [0.29, 0.717) is 12.4 Å². The van der Waals surface area contributed by atoms with Crippen LogP contribution in [0.2, 0.25) is 10.0 Å². The molecule has 0 spiro atoms. The number of halogens is 3. The van der Waals surface area contributed by atoms with Crippen molar-refractivity contribution in [3.8, 4) is 11.5 Å². The van der Waals surface area contributed by atoms with E-state index in [2.05, 4.69) is 15.2 Å². The number of pyridine rings is 1. The Kier molecular flexibility index (Phi) is 4.52. The predicted molar refractivity (Wildman–Crippen MR) is 106 cm³/mol. The van der Waals surface area contributed by atoms with Gasteiger partial charge in [0.15, 0.2) is 17.5 Å². The molecule has 2 aliphatic rings. The van der Waals surface area contributed by atoms with Gasteiger partial charge in [-0.3, -0.25) is 9.78 Å². The first-order chi connectivity index (χ1) is 14.1. The van der Waals surface area contributed by atoms with Gasteiger partial charge in [0, 0.05) is 12.7 Å². The number of carbonyl (C=O) groups excluding carboxylic acids is 1. The Labute approximate surface area is 176 Å². The second-order valence-corrected chi connectivity index (χ2v) is 8.03. The Morgan fingerprint density at radius 1 is 1.14 bits per heavy atom. The molecule has 2 aromatic heterocycles. The molecule has 2 aliphatic heterocycles. The molecule has 29 heavy (non-hydrogen) atoms. The maximum atomic E-state index is 14.2. The molecule has 0 N–H and O–H groups in total. The van der Waals surface area contributed by atoms with E-state index < -0.39 is 5.82 Å². The van der Waals surface area contributed by atoms with Gasteiger partial charge in [-0.2, -0.15) is 0 Å². The summed E-state index contributed by atoms with van der Waals surface area (Å²) in [5.74, 6) is 0.330. The number of amides is 1. The van der Waals surface area contributed by atoms with Crippen molar-refractivity contribution < 1.29 is 9.18 Å². The fourth-order valence-corrected chi connectivity index (χ4v) is 4.74. The molecule has 0 radical (unpaired) electrons. The lowest BCUT2D eigenvalue weighted by Gasteiger charge is -2.45. The Morgan fingerprint density at radius 3 is 2.79 bits per heavy atom. The fraction of sp³-hybridized carbons (Fsp3) is 0.300. The average Bonchev–Trinajstić information content (AvgIpc) is 3.15. The molecule has 148 valence electrons. The van der Waals surface area contributed by atoms with Gasteiger partial charge >= 0.3 is 0 Å². The van der Waals surface area contributed by atoms with Crippen molar-refractivity contribution in [2.75, 3.05) is 0 Å². The summed E-state index contributed by atoms with van der Waals surface area (Å²) in [7, 11) is 0. The van der Waals surface area contributed by atoms with Crippen LogP contribution in [-0.2, 0) is 6.54 Å². The molecule has 0 aliphatic carbocycles. The largest absolute Gasteiger partial charge is 0.324 e. The molecule has 9 heteroatoms. The number of rotatable bonds is 2. The first-order valence-electron chi connectivity index (χ1n) is 9.37. The zero-order valence-corrected chi connectivity index (χ0v) is 16.7. The molecule has 5 rings (SSSR count). The summed E-state index contributed by atoms with van der Waals surface area (Å²) >= 11 is 11.9. The summed E-state index contributed by atoms with van der Waals surface area (Å²) in [6, 6.07) is 8.18. The Balaban J connectivity index is 1.56. The van der Waals surface area contributed by atoms with Crippen molar-refractivity contribution in [2.24, 2.45) is 0 Å². The summed E-state index contributed by atoms with van der Waals surface area (Å²) < 4.78 is 16.2. The topological polar surface area (TPSA) is 63.9 Å². The molecule has 2 bridgehead atoms. The van der Waals surface area contributed by atoms with Gasteiger partial charge in [-0.25, -0.2) is 4.39 Å². The average molecular weight is 432 g/mol. The lowest BCUT2D eigenvalue weighted by atomic mass is 9.91. The molecule has 1 fully saturated rings. The molecule has 0 unspecified atom stereocenters. The first-order valence-corrected chi connectivity index (χ1v) is 10.1. The fourth-order valence-electron chi connectivity index (χ4n) is 4.29. The van der Waals surface area contributed by atoms with E-state index in [9.17, 15) is 9.18 Å². The minimum Gasteiger partial charge on any atom is -0.324 e. The van der Waals surface area contributed by atoms with E-state index in [1.807, 2.05) is 22.8 Å². The van der Waals surface area contributed by atoms with Crippen LogP contribution < -0.4 is 0 Å². The molecule has 6 nitrogen and oxygen atoms in total. The molecule has 1 saturated heterocycles. The van der Waals surface area contributed by atoms with Crippen molar-refractivity contribution in [3.63, 3.8) is 0 Å².